The van der Waals surface area contributed by atoms with Gasteiger partial charge in [-0.05, 0) is 42.3 Å². The minimum Gasteiger partial charge on any atom is -0.497 e. The van der Waals surface area contributed by atoms with Crippen LogP contribution >= 0.6 is 0 Å². The lowest BCUT2D eigenvalue weighted by Crippen LogP contribution is -2.47. The summed E-state index contributed by atoms with van der Waals surface area (Å²) in [5.41, 5.74) is 0.543. The molecule has 0 saturated heterocycles. The van der Waals surface area contributed by atoms with Crippen molar-refractivity contribution in [3.05, 3.63) is 42.5 Å². The van der Waals surface area contributed by atoms with Crippen molar-refractivity contribution in [3.8, 4) is 17.2 Å². The third-order valence-electron chi connectivity index (χ3n) is 4.62. The van der Waals surface area contributed by atoms with Gasteiger partial charge in [-0.1, -0.05) is 13.8 Å². The van der Waals surface area contributed by atoms with E-state index in [9.17, 15) is 13.2 Å². The number of sulfonamides is 1. The highest BCUT2D eigenvalue weighted by molar-refractivity contribution is 7.89. The summed E-state index contributed by atoms with van der Waals surface area (Å²) in [5.74, 6) is 0.804. The molecule has 1 amide bonds. The maximum Gasteiger partial charge on any atom is 0.242 e. The van der Waals surface area contributed by atoms with E-state index in [-0.39, 0.29) is 10.8 Å². The predicted molar refractivity (Wildman–Crippen MR) is 113 cm³/mol. The molecule has 162 valence electrons. The van der Waals surface area contributed by atoms with E-state index >= 15 is 0 Å². The molecule has 1 unspecified atom stereocenters. The van der Waals surface area contributed by atoms with E-state index in [4.69, 9.17) is 14.2 Å². The Hall–Kier alpha value is -2.78. The molecule has 0 aromatic heterocycles. The summed E-state index contributed by atoms with van der Waals surface area (Å²) in [7, 11) is -2.41. The van der Waals surface area contributed by atoms with Gasteiger partial charge >= 0.3 is 0 Å². The van der Waals surface area contributed by atoms with Crippen LogP contribution < -0.4 is 24.2 Å². The van der Waals surface area contributed by atoms with Crippen molar-refractivity contribution in [1.82, 2.24) is 4.72 Å². The van der Waals surface area contributed by atoms with Crippen molar-refractivity contribution in [2.24, 2.45) is 5.92 Å². The van der Waals surface area contributed by atoms with Crippen molar-refractivity contribution in [3.63, 3.8) is 0 Å². The van der Waals surface area contributed by atoms with Gasteiger partial charge in [0.25, 0.3) is 0 Å². The average Bonchev–Trinajstić information content (AvgIpc) is 2.97. The molecule has 1 atom stereocenters. The molecular weight excluding hydrogens is 408 g/mol. The van der Waals surface area contributed by atoms with Crippen molar-refractivity contribution < 1.29 is 27.4 Å². The lowest BCUT2D eigenvalue weighted by atomic mass is 10.0. The molecule has 2 aromatic rings. The number of carbonyl (C=O) groups is 1. The monoisotopic (exact) mass is 434 g/mol. The second-order valence-corrected chi connectivity index (χ2v) is 8.93. The summed E-state index contributed by atoms with van der Waals surface area (Å²) in [4.78, 5) is 12.8. The molecule has 0 spiro atoms. The Kier molecular flexibility index (Phi) is 6.84. The molecule has 2 aromatic carbocycles. The number of amides is 1. The number of hydrogen-bond acceptors (Lipinski definition) is 6. The van der Waals surface area contributed by atoms with E-state index in [1.54, 1.807) is 51.3 Å². The fourth-order valence-electron chi connectivity index (χ4n) is 2.93. The van der Waals surface area contributed by atoms with Gasteiger partial charge in [-0.3, -0.25) is 4.79 Å². The molecule has 0 bridgehead atoms. The molecule has 1 heterocycles. The molecule has 3 rings (SSSR count). The fourth-order valence-corrected chi connectivity index (χ4v) is 4.29. The van der Waals surface area contributed by atoms with Crippen molar-refractivity contribution in [2.45, 2.75) is 31.2 Å². The first-order chi connectivity index (χ1) is 14.3. The zero-order valence-electron chi connectivity index (χ0n) is 17.2. The van der Waals surface area contributed by atoms with Crippen LogP contribution in [0, 0.1) is 5.92 Å². The third kappa shape index (κ3) is 5.22. The zero-order valence-corrected chi connectivity index (χ0v) is 18.0. The molecule has 30 heavy (non-hydrogen) atoms. The van der Waals surface area contributed by atoms with Gasteiger partial charge in [0, 0.05) is 18.2 Å². The highest BCUT2D eigenvalue weighted by Gasteiger charge is 2.29. The van der Waals surface area contributed by atoms with Crippen LogP contribution in [0.15, 0.2) is 47.4 Å². The standard InChI is InChI=1S/C21H26N2O6S/c1-14(2)20(21(24)22-15-5-7-16(27-3)8-6-15)23-30(25,26)17-9-10-18-19(13-17)29-12-4-11-28-18/h5-10,13-14,20,23H,4,11-12H2,1-3H3,(H,22,24). The van der Waals surface area contributed by atoms with Crippen LogP contribution in [0.2, 0.25) is 0 Å². The van der Waals surface area contributed by atoms with Gasteiger partial charge in [0.2, 0.25) is 15.9 Å². The molecule has 2 N–H and O–H groups in total. The first-order valence-corrected chi connectivity index (χ1v) is 11.2. The third-order valence-corrected chi connectivity index (χ3v) is 6.06. The molecule has 0 radical (unpaired) electrons. The van der Waals surface area contributed by atoms with Crippen LogP contribution in [0.3, 0.4) is 0 Å². The SMILES string of the molecule is COc1ccc(NC(=O)C(NS(=O)(=O)c2ccc3c(c2)OCCCO3)C(C)C)cc1. The number of anilines is 1. The summed E-state index contributed by atoms with van der Waals surface area (Å²) in [6.45, 7) is 4.50. The van der Waals surface area contributed by atoms with E-state index in [1.165, 1.54) is 12.1 Å². The van der Waals surface area contributed by atoms with Gasteiger partial charge in [-0.25, -0.2) is 8.42 Å². The van der Waals surface area contributed by atoms with Crippen molar-refractivity contribution in [1.29, 1.82) is 0 Å². The maximum atomic E-state index is 13.0. The van der Waals surface area contributed by atoms with Crippen molar-refractivity contribution >= 4 is 21.6 Å². The minimum absolute atomic E-state index is 0.00893. The number of ether oxygens (including phenoxy) is 3. The Morgan fingerprint density at radius 2 is 1.70 bits per heavy atom. The van der Waals surface area contributed by atoms with Crippen molar-refractivity contribution in [2.75, 3.05) is 25.6 Å². The number of nitrogens with one attached hydrogen (secondary N) is 2. The van der Waals surface area contributed by atoms with E-state index < -0.39 is 22.0 Å². The lowest BCUT2D eigenvalue weighted by Gasteiger charge is -2.22. The summed E-state index contributed by atoms with van der Waals surface area (Å²) < 4.78 is 44.6. The minimum atomic E-state index is -3.96. The van der Waals surface area contributed by atoms with Gasteiger partial charge < -0.3 is 19.5 Å². The molecule has 1 aliphatic rings. The molecule has 1 aliphatic heterocycles. The highest BCUT2D eigenvalue weighted by atomic mass is 32.2. The molecule has 0 fully saturated rings. The molecule has 9 heteroatoms. The zero-order chi connectivity index (χ0) is 21.7. The molecular formula is C21H26N2O6S. The van der Waals surface area contributed by atoms with Gasteiger partial charge in [0.05, 0.1) is 25.2 Å². The van der Waals surface area contributed by atoms with Gasteiger partial charge in [-0.15, -0.1) is 0 Å². The average molecular weight is 435 g/mol. The smallest absolute Gasteiger partial charge is 0.242 e. The van der Waals surface area contributed by atoms with Gasteiger partial charge in [0.15, 0.2) is 11.5 Å². The Morgan fingerprint density at radius 3 is 2.33 bits per heavy atom. The first-order valence-electron chi connectivity index (χ1n) is 9.67. The Bertz CT molecular complexity index is 989. The Balaban J connectivity index is 1.77. The van der Waals surface area contributed by atoms with Crippen LogP contribution in [-0.2, 0) is 14.8 Å². The van der Waals surface area contributed by atoms with Gasteiger partial charge in [-0.2, -0.15) is 4.72 Å². The summed E-state index contributed by atoms with van der Waals surface area (Å²) in [6.07, 6.45) is 0.718. The van der Waals surface area contributed by atoms with Gasteiger partial charge in [0.1, 0.15) is 11.8 Å². The first kappa shape index (κ1) is 21.9. The number of methoxy groups -OCH3 is 1. The molecule has 0 saturated carbocycles. The molecule has 8 nitrogen and oxygen atoms in total. The number of fused-ring (bicyclic) bond motifs is 1. The fraction of sp³-hybridized carbons (Fsp3) is 0.381. The maximum absolute atomic E-state index is 13.0. The molecule has 0 aliphatic carbocycles. The number of carbonyl (C=O) groups excluding carboxylic acids is 1. The quantitative estimate of drug-likeness (QED) is 0.695. The van der Waals surface area contributed by atoms with Crippen LogP contribution in [0.4, 0.5) is 5.69 Å². The van der Waals surface area contributed by atoms with Crippen LogP contribution in [0.5, 0.6) is 17.2 Å². The van der Waals surface area contributed by atoms with Crippen LogP contribution in [0.25, 0.3) is 0 Å². The second-order valence-electron chi connectivity index (χ2n) is 7.22. The number of benzene rings is 2. The van der Waals surface area contributed by atoms with E-state index in [2.05, 4.69) is 10.0 Å². The number of rotatable bonds is 7. The van der Waals surface area contributed by atoms with E-state index in [0.717, 1.165) is 6.42 Å². The normalized spacial score (nSPS) is 14.7. The second kappa shape index (κ2) is 9.36. The lowest BCUT2D eigenvalue weighted by molar-refractivity contribution is -0.118. The topological polar surface area (TPSA) is 103 Å². The van der Waals surface area contributed by atoms with E-state index in [0.29, 0.717) is 36.1 Å². The number of hydrogen-bond donors (Lipinski definition) is 2. The van der Waals surface area contributed by atoms with Crippen LogP contribution in [-0.4, -0.2) is 40.7 Å². The summed E-state index contributed by atoms with van der Waals surface area (Å²) in [5, 5.41) is 2.74. The predicted octanol–water partition coefficient (Wildman–Crippen LogP) is 2.80. The Morgan fingerprint density at radius 1 is 1.03 bits per heavy atom. The summed E-state index contributed by atoms with van der Waals surface area (Å²) in [6, 6.07) is 10.3. The summed E-state index contributed by atoms with van der Waals surface area (Å²) >= 11 is 0. The van der Waals surface area contributed by atoms with Crippen LogP contribution in [0.1, 0.15) is 20.3 Å². The highest BCUT2D eigenvalue weighted by Crippen LogP contribution is 2.32. The largest absolute Gasteiger partial charge is 0.497 e. The van der Waals surface area contributed by atoms with E-state index in [1.807, 2.05) is 0 Å². The Labute approximate surface area is 176 Å².